The van der Waals surface area contributed by atoms with Crippen LogP contribution < -0.4 is 5.43 Å². The van der Waals surface area contributed by atoms with Crippen LogP contribution in [0, 0.1) is 5.82 Å². The molecule has 0 aliphatic heterocycles. The largest absolute Gasteiger partial charge is 0.511 e. The maximum Gasteiger partial charge on any atom is 0.511 e. The molecule has 0 bridgehead atoms. The van der Waals surface area contributed by atoms with Crippen molar-refractivity contribution in [2.24, 2.45) is 0 Å². The van der Waals surface area contributed by atoms with E-state index in [-0.39, 0.29) is 18.7 Å². The lowest BCUT2D eigenvalue weighted by Gasteiger charge is -2.24. The van der Waals surface area contributed by atoms with Gasteiger partial charge in [0.15, 0.2) is 6.10 Å². The highest BCUT2D eigenvalue weighted by molar-refractivity contribution is 6.31. The molecule has 0 saturated heterocycles. The number of esters is 1. The predicted molar refractivity (Wildman–Crippen MR) is 118 cm³/mol. The number of amides is 1. The number of carbonyl (C=O) groups is 4. The molecule has 188 valence electrons. The Labute approximate surface area is 203 Å². The Morgan fingerprint density at radius 3 is 2.40 bits per heavy atom. The van der Waals surface area contributed by atoms with Crippen molar-refractivity contribution in [2.45, 2.75) is 19.6 Å². The number of aliphatic hydroxyl groups is 1. The first-order valence-electron chi connectivity index (χ1n) is 10.1. The second-order valence-electron chi connectivity index (χ2n) is 6.87. The predicted octanol–water partition coefficient (Wildman–Crippen LogP) is 2.10. The summed E-state index contributed by atoms with van der Waals surface area (Å²) in [6.07, 6.45) is -2.92. The normalized spacial score (nSPS) is 11.5. The standard InChI is InChI=1S/C22H22ClFN2O9/c1-2-33-22(32)35-12-34-21(31)18(27)11-26(25-19(28)20(29)30)10-13-3-5-14(6-4-13)16-9-15(23)7-8-17(16)24/h3-9,18,27H,2,10-12H2,1H3,(H,25,28)(H,29,30)/t18-/m1/s1. The van der Waals surface area contributed by atoms with Gasteiger partial charge in [0.25, 0.3) is 0 Å². The number of rotatable bonds is 10. The maximum atomic E-state index is 14.1. The molecule has 2 rings (SSSR count). The number of ether oxygens (including phenoxy) is 3. The number of hydrogen-bond acceptors (Lipinski definition) is 9. The number of carboxylic acid groups (broad SMARTS) is 1. The summed E-state index contributed by atoms with van der Waals surface area (Å²) in [6.45, 7) is 0.0590. The highest BCUT2D eigenvalue weighted by atomic mass is 35.5. The summed E-state index contributed by atoms with van der Waals surface area (Å²) in [5.74, 6) is -4.88. The maximum absolute atomic E-state index is 14.1. The summed E-state index contributed by atoms with van der Waals surface area (Å²) in [5.41, 5.74) is 3.35. The molecule has 0 heterocycles. The molecular formula is C22H22ClFN2O9. The number of carbonyl (C=O) groups excluding carboxylic acids is 3. The zero-order valence-corrected chi connectivity index (χ0v) is 19.2. The third kappa shape index (κ3) is 8.85. The third-order valence-electron chi connectivity index (χ3n) is 4.33. The van der Waals surface area contributed by atoms with Crippen LogP contribution in [0.3, 0.4) is 0 Å². The number of aliphatic hydroxyl groups excluding tert-OH is 1. The van der Waals surface area contributed by atoms with E-state index >= 15 is 0 Å². The van der Waals surface area contributed by atoms with Gasteiger partial charge in [-0.1, -0.05) is 35.9 Å². The molecule has 11 nitrogen and oxygen atoms in total. The molecule has 3 N–H and O–H groups in total. The van der Waals surface area contributed by atoms with Gasteiger partial charge in [-0.3, -0.25) is 10.2 Å². The fraction of sp³-hybridized carbons (Fsp3) is 0.273. The minimum atomic E-state index is -1.84. The van der Waals surface area contributed by atoms with Crippen LogP contribution in [0.1, 0.15) is 12.5 Å². The average molecular weight is 513 g/mol. The molecule has 0 fully saturated rings. The van der Waals surface area contributed by atoms with Gasteiger partial charge >= 0.3 is 24.0 Å². The zero-order valence-electron chi connectivity index (χ0n) is 18.4. The highest BCUT2D eigenvalue weighted by Gasteiger charge is 2.24. The van der Waals surface area contributed by atoms with Gasteiger partial charge in [0, 0.05) is 17.1 Å². The monoisotopic (exact) mass is 512 g/mol. The van der Waals surface area contributed by atoms with Gasteiger partial charge in [-0.15, -0.1) is 0 Å². The smallest absolute Gasteiger partial charge is 0.474 e. The Kier molecular flexibility index (Phi) is 10.4. The molecule has 0 aliphatic carbocycles. The Balaban J connectivity index is 2.06. The van der Waals surface area contributed by atoms with Crippen LogP contribution in [0.15, 0.2) is 42.5 Å². The first-order valence-corrected chi connectivity index (χ1v) is 10.5. The second kappa shape index (κ2) is 13.2. The van der Waals surface area contributed by atoms with Crippen LogP contribution >= 0.6 is 11.6 Å². The topological polar surface area (TPSA) is 152 Å². The van der Waals surface area contributed by atoms with Crippen molar-refractivity contribution >= 4 is 35.6 Å². The van der Waals surface area contributed by atoms with E-state index in [0.717, 1.165) is 5.01 Å². The molecule has 0 unspecified atom stereocenters. The van der Waals surface area contributed by atoms with E-state index in [2.05, 4.69) is 14.2 Å². The van der Waals surface area contributed by atoms with E-state index in [9.17, 15) is 28.7 Å². The Morgan fingerprint density at radius 1 is 1.09 bits per heavy atom. The van der Waals surface area contributed by atoms with Gasteiger partial charge < -0.3 is 24.4 Å². The minimum Gasteiger partial charge on any atom is -0.474 e. The van der Waals surface area contributed by atoms with Gasteiger partial charge in [-0.2, -0.15) is 0 Å². The quantitative estimate of drug-likeness (QED) is 0.187. The number of hydrogen-bond donors (Lipinski definition) is 3. The van der Waals surface area contributed by atoms with Gasteiger partial charge in [0.2, 0.25) is 6.79 Å². The molecule has 2 aromatic carbocycles. The minimum absolute atomic E-state index is 0.0443. The fourth-order valence-corrected chi connectivity index (χ4v) is 2.92. The molecule has 0 aliphatic rings. The SMILES string of the molecule is CCOC(=O)OCOC(=O)[C@H](O)CN(Cc1ccc(-c2cc(Cl)ccc2F)cc1)NC(=O)C(=O)O. The van der Waals surface area contributed by atoms with Crippen LogP contribution in [0.4, 0.5) is 9.18 Å². The van der Waals surface area contributed by atoms with Crippen molar-refractivity contribution in [1.82, 2.24) is 10.4 Å². The number of hydrazine groups is 1. The Bertz CT molecular complexity index is 1070. The summed E-state index contributed by atoms with van der Waals surface area (Å²) < 4.78 is 27.6. The zero-order chi connectivity index (χ0) is 26.0. The molecule has 13 heteroatoms. The van der Waals surface area contributed by atoms with Crippen molar-refractivity contribution in [1.29, 1.82) is 0 Å². The molecule has 2 aromatic rings. The molecular weight excluding hydrogens is 491 g/mol. The molecule has 1 atom stereocenters. The van der Waals surface area contributed by atoms with E-state index in [1.54, 1.807) is 31.2 Å². The Hall–Kier alpha value is -3.74. The number of nitrogens with one attached hydrogen (secondary N) is 1. The third-order valence-corrected chi connectivity index (χ3v) is 4.56. The lowest BCUT2D eigenvalue weighted by atomic mass is 10.0. The molecule has 0 radical (unpaired) electrons. The van der Waals surface area contributed by atoms with Gasteiger partial charge in [0.05, 0.1) is 13.2 Å². The van der Waals surface area contributed by atoms with E-state index < -0.39 is 49.3 Å². The van der Waals surface area contributed by atoms with Crippen LogP contribution in [0.2, 0.25) is 5.02 Å². The second-order valence-corrected chi connectivity index (χ2v) is 7.31. The lowest BCUT2D eigenvalue weighted by molar-refractivity contribution is -0.165. The number of nitrogens with zero attached hydrogens (tertiary/aromatic N) is 1. The summed E-state index contributed by atoms with van der Waals surface area (Å²) in [4.78, 5) is 45.6. The Morgan fingerprint density at radius 2 is 1.77 bits per heavy atom. The summed E-state index contributed by atoms with van der Waals surface area (Å²) in [7, 11) is 0. The summed E-state index contributed by atoms with van der Waals surface area (Å²) in [5, 5.41) is 20.3. The van der Waals surface area contributed by atoms with Crippen LogP contribution in [0.5, 0.6) is 0 Å². The highest BCUT2D eigenvalue weighted by Crippen LogP contribution is 2.26. The molecule has 35 heavy (non-hydrogen) atoms. The van der Waals surface area contributed by atoms with Crippen molar-refractivity contribution in [2.75, 3.05) is 19.9 Å². The van der Waals surface area contributed by atoms with Crippen LogP contribution in [-0.4, -0.2) is 65.3 Å². The first kappa shape index (κ1) is 27.5. The van der Waals surface area contributed by atoms with Gasteiger partial charge in [0.1, 0.15) is 5.82 Å². The summed E-state index contributed by atoms with van der Waals surface area (Å²) >= 11 is 5.92. The molecule has 1 amide bonds. The average Bonchev–Trinajstić information content (AvgIpc) is 2.81. The van der Waals surface area contributed by atoms with Crippen LogP contribution in [0.25, 0.3) is 11.1 Å². The van der Waals surface area contributed by atoms with Gasteiger partial charge in [-0.05, 0) is 36.2 Å². The molecule has 0 saturated carbocycles. The van der Waals surface area contributed by atoms with E-state index in [4.69, 9.17) is 16.7 Å². The van der Waals surface area contributed by atoms with E-state index in [0.29, 0.717) is 16.1 Å². The lowest BCUT2D eigenvalue weighted by Crippen LogP contribution is -2.49. The van der Waals surface area contributed by atoms with Gasteiger partial charge in [-0.25, -0.2) is 23.8 Å². The van der Waals surface area contributed by atoms with E-state index in [1.807, 2.05) is 5.43 Å². The fourth-order valence-electron chi connectivity index (χ4n) is 2.74. The number of halogens is 2. The van der Waals surface area contributed by atoms with Crippen molar-refractivity contribution in [3.05, 3.63) is 58.9 Å². The molecule has 0 aromatic heterocycles. The van der Waals surface area contributed by atoms with Crippen molar-refractivity contribution in [3.8, 4) is 11.1 Å². The van der Waals surface area contributed by atoms with E-state index in [1.165, 1.54) is 18.2 Å². The number of carboxylic acids is 1. The summed E-state index contributed by atoms with van der Waals surface area (Å²) in [6, 6.07) is 10.4. The molecule has 0 spiro atoms. The number of benzene rings is 2. The van der Waals surface area contributed by atoms with Crippen molar-refractivity contribution in [3.63, 3.8) is 0 Å². The van der Waals surface area contributed by atoms with Crippen molar-refractivity contribution < 1.29 is 48.0 Å². The van der Waals surface area contributed by atoms with Crippen LogP contribution in [-0.2, 0) is 35.1 Å². The first-order chi connectivity index (χ1) is 16.6. The number of aliphatic carboxylic acids is 1.